The Kier molecular flexibility index (Phi) is 4.55. The van der Waals surface area contributed by atoms with Gasteiger partial charge in [-0.1, -0.05) is 5.16 Å². The second-order valence-electron chi connectivity index (χ2n) is 7.37. The molecule has 1 saturated heterocycles. The molecule has 1 fully saturated rings. The van der Waals surface area contributed by atoms with Crippen molar-refractivity contribution < 1.29 is 13.7 Å². The maximum atomic E-state index is 13.1. The molecular formula is C21H20FN5O2. The van der Waals surface area contributed by atoms with Gasteiger partial charge >= 0.3 is 0 Å². The summed E-state index contributed by atoms with van der Waals surface area (Å²) in [7, 11) is 0. The van der Waals surface area contributed by atoms with E-state index < -0.39 is 0 Å². The van der Waals surface area contributed by atoms with Crippen molar-refractivity contribution in [1.29, 1.82) is 0 Å². The number of hydrogen-bond acceptors (Lipinski definition) is 6. The molecule has 4 heterocycles. The number of aromatic nitrogens is 3. The molecule has 0 radical (unpaired) electrons. The lowest BCUT2D eigenvalue weighted by Gasteiger charge is -2.24. The average molecular weight is 393 g/mol. The predicted molar refractivity (Wildman–Crippen MR) is 102 cm³/mol. The predicted octanol–water partition coefficient (Wildman–Crippen LogP) is 2.89. The Bertz CT molecular complexity index is 1050. The smallest absolute Gasteiger partial charge is 0.293 e. The Morgan fingerprint density at radius 3 is 3.00 bits per heavy atom. The van der Waals surface area contributed by atoms with Crippen molar-refractivity contribution in [2.45, 2.75) is 31.8 Å². The topological polar surface area (TPSA) is 84.2 Å². The minimum Gasteiger partial charge on any atom is -0.350 e. The van der Waals surface area contributed by atoms with Crippen molar-refractivity contribution in [1.82, 2.24) is 25.3 Å². The number of amides is 1. The van der Waals surface area contributed by atoms with Crippen molar-refractivity contribution in [2.75, 3.05) is 13.1 Å². The monoisotopic (exact) mass is 393 g/mol. The SMILES string of the molecule is O=C(c1cc(-c2ccc(F)cc2)no1)N1CCC[C@@H]1c1ncc2c(n1)CCNC2. The molecule has 29 heavy (non-hydrogen) atoms. The van der Waals surface area contributed by atoms with Gasteiger partial charge in [0.2, 0.25) is 5.76 Å². The molecule has 0 saturated carbocycles. The van der Waals surface area contributed by atoms with E-state index in [1.807, 2.05) is 6.20 Å². The Morgan fingerprint density at radius 1 is 1.28 bits per heavy atom. The van der Waals surface area contributed by atoms with Gasteiger partial charge in [-0.2, -0.15) is 0 Å². The molecule has 7 nitrogen and oxygen atoms in total. The van der Waals surface area contributed by atoms with Crippen molar-refractivity contribution in [3.05, 3.63) is 65.2 Å². The van der Waals surface area contributed by atoms with Gasteiger partial charge in [-0.15, -0.1) is 0 Å². The van der Waals surface area contributed by atoms with Gasteiger partial charge in [-0.25, -0.2) is 14.4 Å². The van der Waals surface area contributed by atoms with E-state index in [4.69, 9.17) is 9.51 Å². The van der Waals surface area contributed by atoms with Gasteiger partial charge < -0.3 is 14.7 Å². The van der Waals surface area contributed by atoms with Crippen LogP contribution in [0.1, 0.15) is 46.5 Å². The molecule has 8 heteroatoms. The third-order valence-electron chi connectivity index (χ3n) is 5.50. The van der Waals surface area contributed by atoms with Gasteiger partial charge in [0.25, 0.3) is 5.91 Å². The third kappa shape index (κ3) is 3.40. The Morgan fingerprint density at radius 2 is 2.14 bits per heavy atom. The molecule has 0 aliphatic carbocycles. The van der Waals surface area contributed by atoms with Crippen LogP contribution < -0.4 is 5.32 Å². The first-order valence-electron chi connectivity index (χ1n) is 9.78. The number of hydrogen-bond donors (Lipinski definition) is 1. The fraction of sp³-hybridized carbons (Fsp3) is 0.333. The molecule has 2 aromatic heterocycles. The minimum absolute atomic E-state index is 0.165. The van der Waals surface area contributed by atoms with E-state index in [0.29, 0.717) is 23.6 Å². The fourth-order valence-electron chi connectivity index (χ4n) is 3.96. The van der Waals surface area contributed by atoms with Crippen LogP contribution in [0.15, 0.2) is 41.1 Å². The highest BCUT2D eigenvalue weighted by molar-refractivity contribution is 5.92. The maximum Gasteiger partial charge on any atom is 0.293 e. The highest BCUT2D eigenvalue weighted by atomic mass is 19.1. The second-order valence-corrected chi connectivity index (χ2v) is 7.37. The lowest BCUT2D eigenvalue weighted by atomic mass is 10.1. The zero-order chi connectivity index (χ0) is 19.8. The zero-order valence-corrected chi connectivity index (χ0v) is 15.8. The molecule has 3 aromatic rings. The van der Waals surface area contributed by atoms with Gasteiger partial charge in [0, 0.05) is 55.1 Å². The summed E-state index contributed by atoms with van der Waals surface area (Å²) in [5.41, 5.74) is 3.38. The zero-order valence-electron chi connectivity index (χ0n) is 15.8. The summed E-state index contributed by atoms with van der Waals surface area (Å²) < 4.78 is 18.4. The van der Waals surface area contributed by atoms with Gasteiger partial charge in [0.15, 0.2) is 5.82 Å². The van der Waals surface area contributed by atoms with Crippen molar-refractivity contribution in [3.8, 4) is 11.3 Å². The number of fused-ring (bicyclic) bond motifs is 1. The molecular weight excluding hydrogens is 373 g/mol. The highest BCUT2D eigenvalue weighted by Gasteiger charge is 2.34. The number of nitrogens with one attached hydrogen (secondary N) is 1. The molecule has 5 rings (SSSR count). The van der Waals surface area contributed by atoms with Crippen LogP contribution in [-0.4, -0.2) is 39.0 Å². The summed E-state index contributed by atoms with van der Waals surface area (Å²) in [6.07, 6.45) is 4.44. The fourth-order valence-corrected chi connectivity index (χ4v) is 3.96. The second kappa shape index (κ2) is 7.36. The van der Waals surface area contributed by atoms with Gasteiger partial charge in [-0.05, 0) is 37.1 Å². The number of benzene rings is 1. The maximum absolute atomic E-state index is 13.1. The molecule has 1 amide bonds. The van der Waals surface area contributed by atoms with Gasteiger partial charge in [-0.3, -0.25) is 4.79 Å². The number of carbonyl (C=O) groups is 1. The molecule has 0 spiro atoms. The first kappa shape index (κ1) is 17.9. The summed E-state index contributed by atoms with van der Waals surface area (Å²) in [5.74, 6) is 0.304. The normalized spacial score (nSPS) is 18.7. The molecule has 2 aliphatic heterocycles. The van der Waals surface area contributed by atoms with Gasteiger partial charge in [0.05, 0.1) is 6.04 Å². The van der Waals surface area contributed by atoms with Crippen LogP contribution >= 0.6 is 0 Å². The van der Waals surface area contributed by atoms with Gasteiger partial charge in [0.1, 0.15) is 11.5 Å². The lowest BCUT2D eigenvalue weighted by Crippen LogP contribution is -2.32. The first-order chi connectivity index (χ1) is 14.2. The van der Waals surface area contributed by atoms with E-state index >= 15 is 0 Å². The molecule has 0 bridgehead atoms. The average Bonchev–Trinajstić information content (AvgIpc) is 3.44. The number of carbonyl (C=O) groups excluding carboxylic acids is 1. The van der Waals surface area contributed by atoms with Crippen LogP contribution in [0, 0.1) is 5.82 Å². The molecule has 0 unspecified atom stereocenters. The molecule has 148 valence electrons. The minimum atomic E-state index is -0.325. The largest absolute Gasteiger partial charge is 0.350 e. The summed E-state index contributed by atoms with van der Waals surface area (Å²) in [4.78, 5) is 24.1. The van der Waals surface area contributed by atoms with E-state index in [0.717, 1.165) is 43.6 Å². The van der Waals surface area contributed by atoms with Crippen LogP contribution in [0.25, 0.3) is 11.3 Å². The van der Waals surface area contributed by atoms with E-state index in [-0.39, 0.29) is 23.5 Å². The highest BCUT2D eigenvalue weighted by Crippen LogP contribution is 2.32. The molecule has 2 aliphatic rings. The third-order valence-corrected chi connectivity index (χ3v) is 5.50. The van der Waals surface area contributed by atoms with Crippen molar-refractivity contribution >= 4 is 5.91 Å². The number of likely N-dealkylation sites (tertiary alicyclic amines) is 1. The Hall–Kier alpha value is -3.13. The molecule has 1 atom stereocenters. The first-order valence-corrected chi connectivity index (χ1v) is 9.78. The lowest BCUT2D eigenvalue weighted by molar-refractivity contribution is 0.0687. The van der Waals surface area contributed by atoms with E-state index in [1.165, 1.54) is 12.1 Å². The standard InChI is InChI=1S/C21H20FN5O2/c22-15-5-3-13(4-6-15)17-10-19(29-26-17)21(28)27-9-1-2-18(27)20-24-12-14-11-23-8-7-16(14)25-20/h3-6,10,12,18,23H,1-2,7-9,11H2/t18-/m1/s1. The summed E-state index contributed by atoms with van der Waals surface area (Å²) in [6, 6.07) is 7.36. The Labute approximate surface area is 166 Å². The number of halogens is 1. The van der Waals surface area contributed by atoms with E-state index in [2.05, 4.69) is 15.5 Å². The van der Waals surface area contributed by atoms with Crippen LogP contribution in [0.3, 0.4) is 0 Å². The molecule has 1 N–H and O–H groups in total. The summed E-state index contributed by atoms with van der Waals surface area (Å²) >= 11 is 0. The Balaban J connectivity index is 1.39. The quantitative estimate of drug-likeness (QED) is 0.737. The summed E-state index contributed by atoms with van der Waals surface area (Å²) in [5, 5.41) is 7.29. The van der Waals surface area contributed by atoms with Crippen molar-refractivity contribution in [3.63, 3.8) is 0 Å². The number of rotatable bonds is 3. The van der Waals surface area contributed by atoms with Crippen LogP contribution in [0.2, 0.25) is 0 Å². The van der Waals surface area contributed by atoms with E-state index in [1.54, 1.807) is 23.1 Å². The van der Waals surface area contributed by atoms with Crippen LogP contribution in [-0.2, 0) is 13.0 Å². The molecule has 1 aromatic carbocycles. The number of nitrogens with zero attached hydrogens (tertiary/aromatic N) is 4. The van der Waals surface area contributed by atoms with Crippen LogP contribution in [0.5, 0.6) is 0 Å². The summed E-state index contributed by atoms with van der Waals surface area (Å²) in [6.45, 7) is 2.31. The van der Waals surface area contributed by atoms with Crippen molar-refractivity contribution in [2.24, 2.45) is 0 Å². The van der Waals surface area contributed by atoms with E-state index in [9.17, 15) is 9.18 Å². The van der Waals surface area contributed by atoms with Crippen LogP contribution in [0.4, 0.5) is 4.39 Å².